The first-order valence-corrected chi connectivity index (χ1v) is 8.66. The highest BCUT2D eigenvalue weighted by Gasteiger charge is 2.10. The zero-order valence-electron chi connectivity index (χ0n) is 14.0. The molecule has 1 N–H and O–H groups in total. The fourth-order valence-electron chi connectivity index (χ4n) is 2.21. The second kappa shape index (κ2) is 7.85. The van der Waals surface area contributed by atoms with Crippen molar-refractivity contribution < 1.29 is 9.84 Å². The summed E-state index contributed by atoms with van der Waals surface area (Å²) in [6.45, 7) is 1.84. The molecule has 25 heavy (non-hydrogen) atoms. The molecule has 3 rings (SSSR count). The number of aromatic nitrogens is 3. The molecule has 6 nitrogen and oxygen atoms in total. The van der Waals surface area contributed by atoms with Crippen molar-refractivity contribution in [3.8, 4) is 11.5 Å². The molecule has 7 heteroatoms. The molecule has 0 aliphatic heterocycles. The molecule has 0 saturated heterocycles. The first-order chi connectivity index (χ1) is 12.2. The second-order valence-electron chi connectivity index (χ2n) is 5.26. The predicted octanol–water partition coefficient (Wildman–Crippen LogP) is 3.48. The number of benzene rings is 2. The lowest BCUT2D eigenvalue weighted by Crippen LogP contribution is -1.97. The van der Waals surface area contributed by atoms with Gasteiger partial charge in [-0.15, -0.1) is 10.2 Å². The Kier molecular flexibility index (Phi) is 5.35. The molecule has 0 radical (unpaired) electrons. The zero-order valence-corrected chi connectivity index (χ0v) is 14.8. The van der Waals surface area contributed by atoms with Crippen LogP contribution in [0, 0.1) is 6.92 Å². The van der Waals surface area contributed by atoms with Gasteiger partial charge in [0.15, 0.2) is 17.3 Å². The van der Waals surface area contributed by atoms with E-state index in [-0.39, 0.29) is 5.75 Å². The van der Waals surface area contributed by atoms with Crippen molar-refractivity contribution in [2.75, 3.05) is 7.11 Å². The molecule has 0 atom stereocenters. The van der Waals surface area contributed by atoms with Crippen LogP contribution >= 0.6 is 11.8 Å². The van der Waals surface area contributed by atoms with E-state index in [2.05, 4.69) is 27.4 Å². The van der Waals surface area contributed by atoms with Gasteiger partial charge in [0.2, 0.25) is 5.16 Å². The molecule has 1 heterocycles. The number of ether oxygens (including phenoxy) is 1. The van der Waals surface area contributed by atoms with E-state index < -0.39 is 0 Å². The Balaban J connectivity index is 1.80. The van der Waals surface area contributed by atoms with E-state index in [4.69, 9.17) is 4.74 Å². The highest BCUT2D eigenvalue weighted by atomic mass is 32.2. The predicted molar refractivity (Wildman–Crippen MR) is 98.4 cm³/mol. The first kappa shape index (κ1) is 17.0. The number of nitrogens with zero attached hydrogens (tertiary/aromatic N) is 4. The molecule has 0 bridgehead atoms. The third kappa shape index (κ3) is 4.00. The van der Waals surface area contributed by atoms with Crippen molar-refractivity contribution in [2.24, 2.45) is 5.10 Å². The molecule has 128 valence electrons. The third-order valence-corrected chi connectivity index (χ3v) is 4.53. The molecule has 1 aromatic heterocycles. The number of rotatable bonds is 6. The van der Waals surface area contributed by atoms with E-state index in [1.54, 1.807) is 40.9 Å². The van der Waals surface area contributed by atoms with Crippen LogP contribution in [-0.4, -0.2) is 33.3 Å². The maximum atomic E-state index is 10.1. The van der Waals surface area contributed by atoms with Crippen LogP contribution < -0.4 is 4.74 Å². The van der Waals surface area contributed by atoms with E-state index >= 15 is 0 Å². The normalized spacial score (nSPS) is 11.1. The summed E-state index contributed by atoms with van der Waals surface area (Å²) in [6, 6.07) is 15.4. The van der Waals surface area contributed by atoms with Crippen molar-refractivity contribution in [1.82, 2.24) is 14.9 Å². The number of aromatic hydroxyl groups is 1. The molecule has 0 aliphatic carbocycles. The average Bonchev–Trinajstić information content (AvgIpc) is 3.00. The molecule has 0 spiro atoms. The van der Waals surface area contributed by atoms with Crippen LogP contribution in [0.4, 0.5) is 0 Å². The minimum atomic E-state index is 0.0537. The van der Waals surface area contributed by atoms with Gasteiger partial charge in [-0.3, -0.25) is 0 Å². The van der Waals surface area contributed by atoms with Crippen LogP contribution in [0.25, 0.3) is 0 Å². The minimum absolute atomic E-state index is 0.0537. The summed E-state index contributed by atoms with van der Waals surface area (Å²) < 4.78 is 6.77. The minimum Gasteiger partial charge on any atom is -0.504 e. The van der Waals surface area contributed by atoms with Gasteiger partial charge in [0.1, 0.15) is 0 Å². The Bertz CT molecular complexity index is 878. The SMILES string of the molecule is COc1cccc(/C=N/n2c(C)nnc2SCc2ccccc2)c1O. The summed E-state index contributed by atoms with van der Waals surface area (Å²) in [5.74, 6) is 1.91. The van der Waals surface area contributed by atoms with Gasteiger partial charge in [0.25, 0.3) is 0 Å². The molecule has 0 amide bonds. The van der Waals surface area contributed by atoms with Gasteiger partial charge in [-0.05, 0) is 24.6 Å². The van der Waals surface area contributed by atoms with Crippen LogP contribution in [0.3, 0.4) is 0 Å². The molecule has 0 saturated carbocycles. The molecule has 2 aromatic carbocycles. The highest BCUT2D eigenvalue weighted by Crippen LogP contribution is 2.28. The molecular formula is C18H18N4O2S. The second-order valence-corrected chi connectivity index (χ2v) is 6.20. The summed E-state index contributed by atoms with van der Waals surface area (Å²) in [7, 11) is 1.51. The highest BCUT2D eigenvalue weighted by molar-refractivity contribution is 7.98. The Morgan fingerprint density at radius 3 is 2.72 bits per heavy atom. The van der Waals surface area contributed by atoms with Gasteiger partial charge in [-0.25, -0.2) is 0 Å². The monoisotopic (exact) mass is 354 g/mol. The van der Waals surface area contributed by atoms with Crippen LogP contribution in [0.5, 0.6) is 11.5 Å². The van der Waals surface area contributed by atoms with Crippen LogP contribution in [0.1, 0.15) is 17.0 Å². The Morgan fingerprint density at radius 2 is 1.96 bits per heavy atom. The van der Waals surface area contributed by atoms with Crippen LogP contribution in [0.2, 0.25) is 0 Å². The Morgan fingerprint density at radius 1 is 1.16 bits per heavy atom. The Hall–Kier alpha value is -2.80. The largest absolute Gasteiger partial charge is 0.504 e. The topological polar surface area (TPSA) is 72.5 Å². The summed E-state index contributed by atoms with van der Waals surface area (Å²) in [5, 5.41) is 23.5. The smallest absolute Gasteiger partial charge is 0.212 e. The van der Waals surface area contributed by atoms with Crippen molar-refractivity contribution >= 4 is 18.0 Å². The van der Waals surface area contributed by atoms with Gasteiger partial charge in [0.05, 0.1) is 13.3 Å². The zero-order chi connectivity index (χ0) is 17.6. The van der Waals surface area contributed by atoms with E-state index in [0.717, 1.165) is 5.75 Å². The maximum absolute atomic E-state index is 10.1. The number of thioether (sulfide) groups is 1. The molecule has 3 aromatic rings. The summed E-state index contributed by atoms with van der Waals surface area (Å²) in [5.41, 5.74) is 1.76. The molecular weight excluding hydrogens is 336 g/mol. The van der Waals surface area contributed by atoms with Gasteiger partial charge in [-0.1, -0.05) is 48.2 Å². The number of para-hydroxylation sites is 1. The fraction of sp³-hybridized carbons (Fsp3) is 0.167. The summed E-state index contributed by atoms with van der Waals surface area (Å²) in [6.07, 6.45) is 1.57. The molecule has 0 aliphatic rings. The quantitative estimate of drug-likeness (QED) is 0.542. The van der Waals surface area contributed by atoms with E-state index in [1.807, 2.05) is 25.1 Å². The van der Waals surface area contributed by atoms with Crippen molar-refractivity contribution in [1.29, 1.82) is 0 Å². The van der Waals surface area contributed by atoms with E-state index in [0.29, 0.717) is 22.3 Å². The Labute approximate surface area is 150 Å². The fourth-order valence-corrected chi connectivity index (χ4v) is 3.10. The summed E-state index contributed by atoms with van der Waals surface area (Å²) in [4.78, 5) is 0. The molecule has 0 unspecified atom stereocenters. The number of aryl methyl sites for hydroxylation is 1. The van der Waals surface area contributed by atoms with Gasteiger partial charge >= 0.3 is 0 Å². The van der Waals surface area contributed by atoms with Gasteiger partial charge in [0, 0.05) is 11.3 Å². The van der Waals surface area contributed by atoms with Gasteiger partial charge < -0.3 is 9.84 Å². The van der Waals surface area contributed by atoms with Crippen molar-refractivity contribution in [2.45, 2.75) is 17.8 Å². The number of hydrogen-bond donors (Lipinski definition) is 1. The maximum Gasteiger partial charge on any atom is 0.212 e. The lowest BCUT2D eigenvalue weighted by atomic mass is 10.2. The number of phenolic OH excluding ortho intramolecular Hbond substituents is 1. The van der Waals surface area contributed by atoms with Crippen molar-refractivity contribution in [3.63, 3.8) is 0 Å². The average molecular weight is 354 g/mol. The van der Waals surface area contributed by atoms with E-state index in [1.165, 1.54) is 12.7 Å². The number of phenols is 1. The number of methoxy groups -OCH3 is 1. The molecule has 0 fully saturated rings. The standard InChI is InChI=1S/C18H18N4O2S/c1-13-20-21-18(25-12-14-7-4-3-5-8-14)22(13)19-11-15-9-6-10-16(24-2)17(15)23/h3-11,23H,12H2,1-2H3/b19-11+. The van der Waals surface area contributed by atoms with Crippen LogP contribution in [0.15, 0.2) is 58.8 Å². The van der Waals surface area contributed by atoms with Crippen LogP contribution in [-0.2, 0) is 5.75 Å². The van der Waals surface area contributed by atoms with E-state index in [9.17, 15) is 5.11 Å². The number of hydrogen-bond acceptors (Lipinski definition) is 6. The third-order valence-electron chi connectivity index (χ3n) is 3.54. The lowest BCUT2D eigenvalue weighted by molar-refractivity contribution is 0.373. The van der Waals surface area contributed by atoms with Gasteiger partial charge in [-0.2, -0.15) is 9.78 Å². The lowest BCUT2D eigenvalue weighted by Gasteiger charge is -2.06. The summed E-state index contributed by atoms with van der Waals surface area (Å²) >= 11 is 1.56. The van der Waals surface area contributed by atoms with Crippen molar-refractivity contribution in [3.05, 3.63) is 65.5 Å². The first-order valence-electron chi connectivity index (χ1n) is 7.68.